The number of rotatable bonds is 8. The van der Waals surface area contributed by atoms with E-state index in [1.165, 1.54) is 12.1 Å². The molecule has 0 unspecified atom stereocenters. The van der Waals surface area contributed by atoms with Crippen LogP contribution in [0, 0.1) is 22.7 Å². The zero-order valence-corrected chi connectivity index (χ0v) is 14.9. The van der Waals surface area contributed by atoms with Crippen molar-refractivity contribution >= 4 is 35.5 Å². The number of anilines is 1. The molecule has 0 saturated heterocycles. The van der Waals surface area contributed by atoms with E-state index < -0.39 is 29.2 Å². The van der Waals surface area contributed by atoms with Gasteiger partial charge in [-0.15, -0.1) is 0 Å². The van der Waals surface area contributed by atoms with E-state index in [1.807, 2.05) is 11.5 Å². The number of nitrogens with one attached hydrogen (secondary N) is 2. The Kier molecular flexibility index (Phi) is 7.18. The van der Waals surface area contributed by atoms with Gasteiger partial charge in [-0.25, -0.2) is 10.2 Å². The van der Waals surface area contributed by atoms with E-state index >= 15 is 0 Å². The number of nitriles is 1. The molecular weight excluding hydrogens is 352 g/mol. The van der Waals surface area contributed by atoms with Gasteiger partial charge < -0.3 is 21.6 Å². The molecule has 1 aromatic rings. The van der Waals surface area contributed by atoms with Crippen molar-refractivity contribution in [3.8, 4) is 6.07 Å². The third-order valence-electron chi connectivity index (χ3n) is 3.50. The second-order valence-corrected chi connectivity index (χ2v) is 6.33. The van der Waals surface area contributed by atoms with Gasteiger partial charge in [0.2, 0.25) is 0 Å². The molecule has 0 bridgehead atoms. The minimum atomic E-state index is -1.13. The Hall–Kier alpha value is -3.74. The molecule has 0 radical (unpaired) electrons. The van der Waals surface area contributed by atoms with E-state index in [0.29, 0.717) is 6.29 Å². The molecule has 0 aromatic heterocycles. The maximum atomic E-state index is 12.6. The quantitative estimate of drug-likeness (QED) is 0.294. The zero-order chi connectivity index (χ0) is 20.6. The number of amides is 4. The topological polar surface area (TPSA) is 181 Å². The van der Waals surface area contributed by atoms with Gasteiger partial charge in [-0.2, -0.15) is 10.4 Å². The lowest BCUT2D eigenvalue weighted by Crippen LogP contribution is -2.36. The Balaban J connectivity index is 3.24. The zero-order valence-electron chi connectivity index (χ0n) is 14.9. The van der Waals surface area contributed by atoms with Crippen LogP contribution in [0.15, 0.2) is 29.4 Å². The highest BCUT2D eigenvalue weighted by Crippen LogP contribution is 2.24. The summed E-state index contributed by atoms with van der Waals surface area (Å²) in [5, 5.41) is 15.5. The van der Waals surface area contributed by atoms with Crippen LogP contribution in [-0.2, 0) is 9.59 Å². The minimum absolute atomic E-state index is 0.0306. The lowest BCUT2D eigenvalue weighted by Gasteiger charge is -2.21. The summed E-state index contributed by atoms with van der Waals surface area (Å²) >= 11 is 0. The molecule has 0 spiro atoms. The molecule has 6 N–H and O–H groups in total. The first-order valence-electron chi connectivity index (χ1n) is 7.80. The van der Waals surface area contributed by atoms with Gasteiger partial charge in [-0.3, -0.25) is 9.59 Å². The Morgan fingerprint density at radius 3 is 2.44 bits per heavy atom. The van der Waals surface area contributed by atoms with Crippen LogP contribution >= 0.6 is 0 Å². The number of nitrogens with zero attached hydrogens (tertiary/aromatic N) is 2. The molecule has 1 atom stereocenters. The van der Waals surface area contributed by atoms with Crippen molar-refractivity contribution in [1.29, 1.82) is 5.26 Å². The molecule has 0 saturated carbocycles. The molecule has 142 valence electrons. The van der Waals surface area contributed by atoms with Crippen molar-refractivity contribution in [2.24, 2.45) is 27.9 Å². The monoisotopic (exact) mass is 372 g/mol. The number of urea groups is 1. The Bertz CT molecular complexity index is 825. The first-order valence-corrected chi connectivity index (χ1v) is 7.80. The molecule has 27 heavy (non-hydrogen) atoms. The first kappa shape index (κ1) is 21.3. The predicted molar refractivity (Wildman–Crippen MR) is 97.3 cm³/mol. The summed E-state index contributed by atoms with van der Waals surface area (Å²) in [6.45, 7) is 3.17. The maximum Gasteiger partial charge on any atom is 0.332 e. The van der Waals surface area contributed by atoms with Crippen molar-refractivity contribution < 1.29 is 19.2 Å². The van der Waals surface area contributed by atoms with E-state index in [1.54, 1.807) is 26.0 Å². The third-order valence-corrected chi connectivity index (χ3v) is 3.50. The van der Waals surface area contributed by atoms with Gasteiger partial charge in [0, 0.05) is 5.41 Å². The second-order valence-electron chi connectivity index (χ2n) is 6.33. The molecule has 4 amide bonds. The molecule has 10 heteroatoms. The largest absolute Gasteiger partial charge is 0.366 e. The average Bonchev–Trinajstić information content (AvgIpc) is 2.60. The maximum absolute atomic E-state index is 12.6. The summed E-state index contributed by atoms with van der Waals surface area (Å²) in [4.78, 5) is 46.2. The number of para-hydroxylation sites is 1. The summed E-state index contributed by atoms with van der Waals surface area (Å²) in [7, 11) is 0. The van der Waals surface area contributed by atoms with Gasteiger partial charge >= 0.3 is 6.03 Å². The highest BCUT2D eigenvalue weighted by atomic mass is 16.2. The third kappa shape index (κ3) is 6.24. The standard InChI is InChI=1S/C17H20N6O4/c1-17(2,9-24)7-10(8-18)13(22-23-16(20)27)15(26)21-12-6-4-3-5-11(12)14(19)25/h3-6,9-10H,7H2,1-2H3,(H2,19,25)(H,21,26)(H3,20,23,27)/b22-13+/t10-/m1/s1. The highest BCUT2D eigenvalue weighted by molar-refractivity contribution is 6.44. The van der Waals surface area contributed by atoms with Crippen LogP contribution in [-0.4, -0.2) is 29.8 Å². The fraction of sp³-hybridized carbons (Fsp3) is 0.294. The molecule has 0 aliphatic rings. The summed E-state index contributed by atoms with van der Waals surface area (Å²) in [6.07, 6.45) is 0.619. The van der Waals surface area contributed by atoms with Crippen molar-refractivity contribution in [1.82, 2.24) is 5.43 Å². The smallest absolute Gasteiger partial charge is 0.332 e. The Labute approximate surface area is 155 Å². The van der Waals surface area contributed by atoms with Crippen LogP contribution < -0.4 is 22.2 Å². The number of carbonyl (C=O) groups is 4. The Morgan fingerprint density at radius 2 is 1.93 bits per heavy atom. The predicted octanol–water partition coefficient (Wildman–Crippen LogP) is 0.503. The van der Waals surface area contributed by atoms with Gasteiger partial charge in [0.15, 0.2) is 0 Å². The molecular formula is C17H20N6O4. The van der Waals surface area contributed by atoms with E-state index in [4.69, 9.17) is 11.5 Å². The Morgan fingerprint density at radius 1 is 1.30 bits per heavy atom. The average molecular weight is 372 g/mol. The van der Waals surface area contributed by atoms with Crippen molar-refractivity contribution in [3.05, 3.63) is 29.8 Å². The molecule has 10 nitrogen and oxygen atoms in total. The minimum Gasteiger partial charge on any atom is -0.366 e. The van der Waals surface area contributed by atoms with Crippen LogP contribution in [0.5, 0.6) is 0 Å². The SMILES string of the molecule is CC(C)(C=O)C[C@H](C#N)/C(=N\NC(N)=O)C(=O)Nc1ccccc1C(N)=O. The number of aldehydes is 1. The van der Waals surface area contributed by atoms with E-state index in [0.717, 1.165) is 0 Å². The van der Waals surface area contributed by atoms with Gasteiger partial charge in [-0.1, -0.05) is 26.0 Å². The van der Waals surface area contributed by atoms with Crippen LogP contribution in [0.2, 0.25) is 0 Å². The lowest BCUT2D eigenvalue weighted by molar-refractivity contribution is -0.115. The van der Waals surface area contributed by atoms with Crippen LogP contribution in [0.3, 0.4) is 0 Å². The van der Waals surface area contributed by atoms with Crippen LogP contribution in [0.4, 0.5) is 10.5 Å². The molecule has 1 aromatic carbocycles. The number of carbonyl (C=O) groups excluding carboxylic acids is 4. The van der Waals surface area contributed by atoms with E-state index in [-0.39, 0.29) is 23.4 Å². The number of hydrogen-bond donors (Lipinski definition) is 4. The number of primary amides is 2. The molecule has 0 heterocycles. The first-order chi connectivity index (χ1) is 12.6. The van der Waals surface area contributed by atoms with E-state index in [9.17, 15) is 24.4 Å². The van der Waals surface area contributed by atoms with Crippen LogP contribution in [0.1, 0.15) is 30.6 Å². The molecule has 0 fully saturated rings. The summed E-state index contributed by atoms with van der Waals surface area (Å²) in [5.41, 5.74) is 11.0. The number of nitrogens with two attached hydrogens (primary N) is 2. The summed E-state index contributed by atoms with van der Waals surface area (Å²) < 4.78 is 0. The van der Waals surface area contributed by atoms with Gasteiger partial charge in [0.05, 0.1) is 23.2 Å². The van der Waals surface area contributed by atoms with Gasteiger partial charge in [-0.05, 0) is 18.6 Å². The highest BCUT2D eigenvalue weighted by Gasteiger charge is 2.31. The van der Waals surface area contributed by atoms with Crippen molar-refractivity contribution in [2.75, 3.05) is 5.32 Å². The normalized spacial score (nSPS) is 12.4. The molecule has 1 rings (SSSR count). The summed E-state index contributed by atoms with van der Waals surface area (Å²) in [5.74, 6) is -2.75. The van der Waals surface area contributed by atoms with E-state index in [2.05, 4.69) is 10.4 Å². The lowest BCUT2D eigenvalue weighted by atomic mass is 9.82. The fourth-order valence-electron chi connectivity index (χ4n) is 2.17. The number of hydrazone groups is 1. The fourth-order valence-corrected chi connectivity index (χ4v) is 2.17. The second kappa shape index (κ2) is 9.10. The van der Waals surface area contributed by atoms with Crippen LogP contribution in [0.25, 0.3) is 0 Å². The van der Waals surface area contributed by atoms with Crippen molar-refractivity contribution in [3.63, 3.8) is 0 Å². The van der Waals surface area contributed by atoms with Gasteiger partial charge in [0.1, 0.15) is 12.0 Å². The molecule has 0 aliphatic heterocycles. The van der Waals surface area contributed by atoms with Crippen molar-refractivity contribution in [2.45, 2.75) is 20.3 Å². The number of benzene rings is 1. The summed E-state index contributed by atoms with van der Waals surface area (Å²) in [6, 6.07) is 6.82. The van der Waals surface area contributed by atoms with Gasteiger partial charge in [0.25, 0.3) is 11.8 Å². The number of hydrogen-bond acceptors (Lipinski definition) is 6. The molecule has 0 aliphatic carbocycles.